The van der Waals surface area contributed by atoms with Crippen LogP contribution in [0.5, 0.6) is 0 Å². The van der Waals surface area contributed by atoms with Crippen LogP contribution in [0.3, 0.4) is 0 Å². The summed E-state index contributed by atoms with van der Waals surface area (Å²) >= 11 is 0. The minimum absolute atomic E-state index is 0.0437. The quantitative estimate of drug-likeness (QED) is 0.606. The van der Waals surface area contributed by atoms with Gasteiger partial charge in [-0.1, -0.05) is 12.2 Å². The lowest BCUT2D eigenvalue weighted by atomic mass is 10.5. The van der Waals surface area contributed by atoms with Crippen molar-refractivity contribution in [1.82, 2.24) is 13.7 Å². The average Bonchev–Trinajstić information content (AvgIpc) is 2.40. The van der Waals surface area contributed by atoms with Crippen molar-refractivity contribution in [3.63, 3.8) is 0 Å². The largest absolute Gasteiger partial charge is 0.383 e. The van der Waals surface area contributed by atoms with Crippen LogP contribution in [0.4, 0.5) is 0 Å². The minimum Gasteiger partial charge on any atom is -0.383 e. The number of rotatable bonds is 7. The Kier molecular flexibility index (Phi) is 5.25. The third kappa shape index (κ3) is 3.00. The smallest absolute Gasteiger partial charge is 0.336 e. The molecular formula is C12H17N3O4. The Morgan fingerprint density at radius 2 is 1.37 bits per heavy atom. The Balaban J connectivity index is 3.58. The number of aromatic nitrogens is 3. The van der Waals surface area contributed by atoms with Crippen molar-refractivity contribution in [2.24, 2.45) is 0 Å². The van der Waals surface area contributed by atoms with E-state index in [0.29, 0.717) is 0 Å². The summed E-state index contributed by atoms with van der Waals surface area (Å²) in [7, 11) is 1.47. The van der Waals surface area contributed by atoms with E-state index in [2.05, 4.69) is 13.2 Å². The first-order chi connectivity index (χ1) is 9.08. The standard InChI is InChI=1S/C12H17N3O4/c1-4-6-13-10(16)14(7-5-2)12(18)15(11(13)17)8-9-19-3/h4-5H,1-2,6-9H2,3H3. The fourth-order valence-electron chi connectivity index (χ4n) is 1.63. The zero-order valence-electron chi connectivity index (χ0n) is 10.9. The third-order valence-corrected chi connectivity index (χ3v) is 2.53. The number of methoxy groups -OCH3 is 1. The molecule has 0 bridgehead atoms. The lowest BCUT2D eigenvalue weighted by Gasteiger charge is -2.11. The third-order valence-electron chi connectivity index (χ3n) is 2.53. The van der Waals surface area contributed by atoms with Crippen LogP contribution < -0.4 is 17.1 Å². The van der Waals surface area contributed by atoms with Crippen LogP contribution in [-0.2, 0) is 24.4 Å². The second-order valence-electron chi connectivity index (χ2n) is 3.79. The Labute approximate surface area is 109 Å². The Morgan fingerprint density at radius 3 is 1.74 bits per heavy atom. The van der Waals surface area contributed by atoms with Gasteiger partial charge in [0.15, 0.2) is 0 Å². The van der Waals surface area contributed by atoms with Crippen molar-refractivity contribution < 1.29 is 4.74 Å². The Bertz CT molecular complexity index is 588. The highest BCUT2D eigenvalue weighted by Crippen LogP contribution is 1.80. The summed E-state index contributed by atoms with van der Waals surface area (Å²) in [4.78, 5) is 36.1. The van der Waals surface area contributed by atoms with E-state index in [9.17, 15) is 14.4 Å². The van der Waals surface area contributed by atoms with Crippen LogP contribution >= 0.6 is 0 Å². The molecule has 7 nitrogen and oxygen atoms in total. The predicted octanol–water partition coefficient (Wildman–Crippen LogP) is -0.810. The fourth-order valence-corrected chi connectivity index (χ4v) is 1.63. The highest BCUT2D eigenvalue weighted by Gasteiger charge is 2.13. The first kappa shape index (κ1) is 14.9. The van der Waals surface area contributed by atoms with Gasteiger partial charge in [0.05, 0.1) is 26.2 Å². The van der Waals surface area contributed by atoms with Crippen LogP contribution in [0.1, 0.15) is 0 Å². The van der Waals surface area contributed by atoms with Crippen LogP contribution in [0.2, 0.25) is 0 Å². The van der Waals surface area contributed by atoms with E-state index in [1.165, 1.54) is 19.3 Å². The molecule has 0 aromatic carbocycles. The van der Waals surface area contributed by atoms with Crippen molar-refractivity contribution in [1.29, 1.82) is 0 Å². The van der Waals surface area contributed by atoms with Gasteiger partial charge in [-0.3, -0.25) is 0 Å². The second kappa shape index (κ2) is 6.69. The molecule has 0 N–H and O–H groups in total. The summed E-state index contributed by atoms with van der Waals surface area (Å²) in [6.45, 7) is 7.35. The number of nitrogens with zero attached hydrogens (tertiary/aromatic N) is 3. The minimum atomic E-state index is -0.663. The van der Waals surface area contributed by atoms with Gasteiger partial charge in [0.1, 0.15) is 0 Å². The van der Waals surface area contributed by atoms with E-state index < -0.39 is 17.1 Å². The summed E-state index contributed by atoms with van der Waals surface area (Å²) in [5.41, 5.74) is -1.98. The van der Waals surface area contributed by atoms with Gasteiger partial charge in [-0.2, -0.15) is 0 Å². The molecule has 1 rings (SSSR count). The summed E-state index contributed by atoms with van der Waals surface area (Å²) in [5.74, 6) is 0. The Hall–Kier alpha value is -2.15. The van der Waals surface area contributed by atoms with Gasteiger partial charge in [0, 0.05) is 7.11 Å². The van der Waals surface area contributed by atoms with E-state index in [4.69, 9.17) is 4.74 Å². The molecule has 1 aromatic heterocycles. The van der Waals surface area contributed by atoms with Gasteiger partial charge in [-0.25, -0.2) is 28.1 Å². The first-order valence-electron chi connectivity index (χ1n) is 5.73. The van der Waals surface area contributed by atoms with Crippen molar-refractivity contribution in [2.45, 2.75) is 19.6 Å². The fraction of sp³-hybridized carbons (Fsp3) is 0.417. The molecule has 1 aromatic rings. The van der Waals surface area contributed by atoms with Crippen molar-refractivity contribution in [3.05, 3.63) is 56.8 Å². The van der Waals surface area contributed by atoms with E-state index in [1.807, 2.05) is 0 Å². The highest BCUT2D eigenvalue weighted by molar-refractivity contribution is 4.84. The molecule has 0 radical (unpaired) electrons. The van der Waals surface area contributed by atoms with E-state index in [0.717, 1.165) is 13.7 Å². The van der Waals surface area contributed by atoms with Crippen LogP contribution in [-0.4, -0.2) is 27.4 Å². The Morgan fingerprint density at radius 1 is 0.947 bits per heavy atom. The molecule has 0 spiro atoms. The van der Waals surface area contributed by atoms with Crippen LogP contribution in [0, 0.1) is 0 Å². The molecule has 0 saturated heterocycles. The van der Waals surface area contributed by atoms with Crippen molar-refractivity contribution in [2.75, 3.05) is 13.7 Å². The molecule has 1 heterocycles. The zero-order valence-corrected chi connectivity index (χ0v) is 10.9. The SMILES string of the molecule is C=CCn1c(=O)n(CC=C)c(=O)n(CCOC)c1=O. The lowest BCUT2D eigenvalue weighted by Crippen LogP contribution is -2.54. The number of allylic oxidation sites excluding steroid dienone is 2. The van der Waals surface area contributed by atoms with Gasteiger partial charge < -0.3 is 4.74 Å². The topological polar surface area (TPSA) is 75.2 Å². The van der Waals surface area contributed by atoms with Crippen molar-refractivity contribution >= 4 is 0 Å². The molecule has 0 aliphatic rings. The molecule has 0 aliphatic heterocycles. The zero-order chi connectivity index (χ0) is 14.4. The molecule has 0 amide bonds. The molecule has 7 heteroatoms. The summed E-state index contributed by atoms with van der Waals surface area (Å²) in [6.07, 6.45) is 2.85. The number of hydrogen-bond donors (Lipinski definition) is 0. The normalized spacial score (nSPS) is 10.4. The lowest BCUT2D eigenvalue weighted by molar-refractivity contribution is 0.182. The molecular weight excluding hydrogens is 250 g/mol. The average molecular weight is 267 g/mol. The van der Waals surface area contributed by atoms with Gasteiger partial charge in [-0.05, 0) is 0 Å². The van der Waals surface area contributed by atoms with Gasteiger partial charge >= 0.3 is 17.1 Å². The van der Waals surface area contributed by atoms with E-state index >= 15 is 0 Å². The summed E-state index contributed by atoms with van der Waals surface area (Å²) < 4.78 is 7.72. The van der Waals surface area contributed by atoms with Crippen LogP contribution in [0.25, 0.3) is 0 Å². The first-order valence-corrected chi connectivity index (χ1v) is 5.73. The molecule has 0 unspecified atom stereocenters. The van der Waals surface area contributed by atoms with E-state index in [-0.39, 0.29) is 26.2 Å². The molecule has 0 fully saturated rings. The van der Waals surface area contributed by atoms with Crippen molar-refractivity contribution in [3.8, 4) is 0 Å². The molecule has 0 atom stereocenters. The molecule has 0 saturated carbocycles. The highest BCUT2D eigenvalue weighted by atomic mass is 16.5. The summed E-state index contributed by atoms with van der Waals surface area (Å²) in [6, 6.07) is 0. The maximum atomic E-state index is 12.0. The van der Waals surface area contributed by atoms with Gasteiger partial charge in [-0.15, -0.1) is 13.2 Å². The second-order valence-corrected chi connectivity index (χ2v) is 3.79. The summed E-state index contributed by atoms with van der Waals surface area (Å²) in [5, 5.41) is 0. The monoisotopic (exact) mass is 267 g/mol. The molecule has 104 valence electrons. The predicted molar refractivity (Wildman–Crippen MR) is 71.5 cm³/mol. The number of hydrogen-bond acceptors (Lipinski definition) is 4. The van der Waals surface area contributed by atoms with Gasteiger partial charge in [0.25, 0.3) is 0 Å². The number of ether oxygens (including phenoxy) is 1. The van der Waals surface area contributed by atoms with Crippen LogP contribution in [0.15, 0.2) is 39.7 Å². The maximum absolute atomic E-state index is 12.0. The molecule has 19 heavy (non-hydrogen) atoms. The molecule has 0 aliphatic carbocycles. The maximum Gasteiger partial charge on any atom is 0.336 e. The van der Waals surface area contributed by atoms with Gasteiger partial charge in [0.2, 0.25) is 0 Å². The van der Waals surface area contributed by atoms with E-state index in [1.54, 1.807) is 0 Å².